The van der Waals surface area contributed by atoms with Gasteiger partial charge in [0, 0.05) is 4.47 Å². The van der Waals surface area contributed by atoms with Gasteiger partial charge in [-0.25, -0.2) is 4.39 Å². The fourth-order valence-corrected chi connectivity index (χ4v) is 2.14. The molecule has 1 aromatic carbocycles. The van der Waals surface area contributed by atoms with Crippen LogP contribution in [0.3, 0.4) is 0 Å². The van der Waals surface area contributed by atoms with Crippen molar-refractivity contribution in [1.29, 1.82) is 0 Å². The van der Waals surface area contributed by atoms with Gasteiger partial charge in [0.2, 0.25) is 5.91 Å². The number of hydrogen-bond donors (Lipinski definition) is 1. The Kier molecular flexibility index (Phi) is 4.55. The van der Waals surface area contributed by atoms with E-state index in [9.17, 15) is 22.4 Å². The van der Waals surface area contributed by atoms with Gasteiger partial charge < -0.3 is 5.32 Å². The van der Waals surface area contributed by atoms with Gasteiger partial charge in [-0.1, -0.05) is 15.9 Å². The zero-order valence-corrected chi connectivity index (χ0v) is 12.8. The van der Waals surface area contributed by atoms with Gasteiger partial charge in [-0.15, -0.1) is 0 Å². The molecule has 0 saturated heterocycles. The van der Waals surface area contributed by atoms with Crippen molar-refractivity contribution in [3.8, 4) is 0 Å². The van der Waals surface area contributed by atoms with Crippen LogP contribution >= 0.6 is 15.9 Å². The molecule has 22 heavy (non-hydrogen) atoms. The van der Waals surface area contributed by atoms with E-state index in [0.29, 0.717) is 9.15 Å². The van der Waals surface area contributed by atoms with Crippen molar-refractivity contribution in [3.05, 3.63) is 45.9 Å². The first-order chi connectivity index (χ1) is 10.2. The highest BCUT2D eigenvalue weighted by molar-refractivity contribution is 9.10. The summed E-state index contributed by atoms with van der Waals surface area (Å²) in [5, 5.41) is 5.84. The summed E-state index contributed by atoms with van der Waals surface area (Å²) in [6.45, 7) is 0.718. The fourth-order valence-electron chi connectivity index (χ4n) is 1.81. The SMILES string of the molecule is Cc1cc(C(F)(F)F)n(CC(=O)Nc2ccc(Br)cc2F)n1. The number of anilines is 1. The second-order valence-electron chi connectivity index (χ2n) is 4.50. The Morgan fingerprint density at radius 3 is 2.64 bits per heavy atom. The van der Waals surface area contributed by atoms with Gasteiger partial charge in [-0.3, -0.25) is 9.48 Å². The Balaban J connectivity index is 2.16. The summed E-state index contributed by atoms with van der Waals surface area (Å²) in [6, 6.07) is 4.77. The lowest BCUT2D eigenvalue weighted by Gasteiger charge is -2.11. The van der Waals surface area contributed by atoms with Crippen LogP contribution in [-0.4, -0.2) is 15.7 Å². The number of aryl methyl sites for hydroxylation is 1. The van der Waals surface area contributed by atoms with E-state index in [-0.39, 0.29) is 11.4 Å². The van der Waals surface area contributed by atoms with E-state index in [2.05, 4.69) is 26.3 Å². The first-order valence-corrected chi connectivity index (χ1v) is 6.82. The number of aromatic nitrogens is 2. The third-order valence-electron chi connectivity index (χ3n) is 2.69. The highest BCUT2D eigenvalue weighted by atomic mass is 79.9. The Hall–Kier alpha value is -1.90. The summed E-state index contributed by atoms with van der Waals surface area (Å²) in [6.07, 6.45) is -4.62. The minimum Gasteiger partial charge on any atom is -0.322 e. The number of carbonyl (C=O) groups is 1. The summed E-state index contributed by atoms with van der Waals surface area (Å²) in [7, 11) is 0. The van der Waals surface area contributed by atoms with Gasteiger partial charge in [0.25, 0.3) is 0 Å². The van der Waals surface area contributed by atoms with Crippen molar-refractivity contribution < 1.29 is 22.4 Å². The van der Waals surface area contributed by atoms with Gasteiger partial charge in [0.1, 0.15) is 18.1 Å². The molecule has 0 aliphatic carbocycles. The number of halogens is 5. The van der Waals surface area contributed by atoms with Crippen molar-refractivity contribution in [2.75, 3.05) is 5.32 Å². The van der Waals surface area contributed by atoms with Crippen LogP contribution in [0.5, 0.6) is 0 Å². The molecular weight excluding hydrogens is 370 g/mol. The van der Waals surface area contributed by atoms with Crippen molar-refractivity contribution >= 4 is 27.5 Å². The second-order valence-corrected chi connectivity index (χ2v) is 5.41. The molecule has 4 nitrogen and oxygen atoms in total. The zero-order valence-electron chi connectivity index (χ0n) is 11.2. The fraction of sp³-hybridized carbons (Fsp3) is 0.231. The molecule has 0 aliphatic rings. The molecule has 118 valence electrons. The maximum atomic E-state index is 13.6. The smallest absolute Gasteiger partial charge is 0.322 e. The normalized spacial score (nSPS) is 11.5. The summed E-state index contributed by atoms with van der Waals surface area (Å²) < 4.78 is 53.0. The van der Waals surface area contributed by atoms with Crippen molar-refractivity contribution in [1.82, 2.24) is 9.78 Å². The van der Waals surface area contributed by atoms with E-state index in [1.165, 1.54) is 19.1 Å². The molecule has 9 heteroatoms. The predicted molar refractivity (Wildman–Crippen MR) is 74.7 cm³/mol. The molecule has 1 heterocycles. The van der Waals surface area contributed by atoms with Crippen LogP contribution in [0, 0.1) is 12.7 Å². The summed E-state index contributed by atoms with van der Waals surface area (Å²) in [5.74, 6) is -1.51. The van der Waals surface area contributed by atoms with Crippen LogP contribution in [0.4, 0.5) is 23.2 Å². The van der Waals surface area contributed by atoms with Crippen LogP contribution in [0.2, 0.25) is 0 Å². The molecule has 0 atom stereocenters. The largest absolute Gasteiger partial charge is 0.433 e. The van der Waals surface area contributed by atoms with Gasteiger partial charge >= 0.3 is 6.18 Å². The van der Waals surface area contributed by atoms with Crippen LogP contribution < -0.4 is 5.32 Å². The van der Waals surface area contributed by atoms with Gasteiger partial charge in [-0.2, -0.15) is 18.3 Å². The first kappa shape index (κ1) is 16.5. The maximum Gasteiger partial charge on any atom is 0.433 e. The lowest BCUT2D eigenvalue weighted by molar-refractivity contribution is -0.144. The second kappa shape index (κ2) is 6.07. The van der Waals surface area contributed by atoms with E-state index in [4.69, 9.17) is 0 Å². The average molecular weight is 380 g/mol. The number of nitrogens with zero attached hydrogens (tertiary/aromatic N) is 2. The Bertz CT molecular complexity index is 712. The molecule has 0 fully saturated rings. The number of amides is 1. The first-order valence-electron chi connectivity index (χ1n) is 6.03. The van der Waals surface area contributed by atoms with Crippen molar-refractivity contribution in [2.45, 2.75) is 19.6 Å². The molecule has 2 rings (SSSR count). The van der Waals surface area contributed by atoms with Gasteiger partial charge in [0.05, 0.1) is 11.4 Å². The minimum atomic E-state index is -4.62. The van der Waals surface area contributed by atoms with Crippen LogP contribution in [0.1, 0.15) is 11.4 Å². The highest BCUT2D eigenvalue weighted by Crippen LogP contribution is 2.29. The van der Waals surface area contributed by atoms with E-state index < -0.39 is 30.1 Å². The molecule has 2 aromatic rings. The number of benzene rings is 1. The lowest BCUT2D eigenvalue weighted by Crippen LogP contribution is -2.24. The molecule has 0 spiro atoms. The predicted octanol–water partition coefficient (Wildman–Crippen LogP) is 3.75. The van der Waals surface area contributed by atoms with E-state index in [0.717, 1.165) is 12.1 Å². The maximum absolute atomic E-state index is 13.6. The van der Waals surface area contributed by atoms with Crippen LogP contribution in [0.25, 0.3) is 0 Å². The lowest BCUT2D eigenvalue weighted by atomic mass is 10.3. The Morgan fingerprint density at radius 1 is 1.36 bits per heavy atom. The van der Waals surface area contributed by atoms with Gasteiger partial charge in [-0.05, 0) is 31.2 Å². The highest BCUT2D eigenvalue weighted by Gasteiger charge is 2.35. The number of rotatable bonds is 3. The van der Waals surface area contributed by atoms with E-state index >= 15 is 0 Å². The molecule has 0 bridgehead atoms. The van der Waals surface area contributed by atoms with Crippen LogP contribution in [-0.2, 0) is 17.5 Å². The number of nitrogens with one attached hydrogen (secondary N) is 1. The van der Waals surface area contributed by atoms with E-state index in [1.54, 1.807) is 0 Å². The molecule has 1 amide bonds. The third-order valence-corrected chi connectivity index (χ3v) is 3.18. The third kappa shape index (κ3) is 3.85. The molecule has 0 aliphatic heterocycles. The summed E-state index contributed by atoms with van der Waals surface area (Å²) in [4.78, 5) is 11.8. The molecule has 1 N–H and O–H groups in total. The minimum absolute atomic E-state index is 0.120. The average Bonchev–Trinajstić information content (AvgIpc) is 2.73. The number of alkyl halides is 3. The number of hydrogen-bond acceptors (Lipinski definition) is 2. The zero-order chi connectivity index (χ0) is 16.5. The summed E-state index contributed by atoms with van der Waals surface area (Å²) in [5.41, 5.74) is -1.02. The monoisotopic (exact) mass is 379 g/mol. The molecule has 0 radical (unpaired) electrons. The van der Waals surface area contributed by atoms with Crippen molar-refractivity contribution in [3.63, 3.8) is 0 Å². The molecular formula is C13H10BrF4N3O. The Morgan fingerprint density at radius 2 is 2.05 bits per heavy atom. The number of carbonyl (C=O) groups excluding carboxylic acids is 1. The quantitative estimate of drug-likeness (QED) is 0.825. The van der Waals surface area contributed by atoms with Gasteiger partial charge in [0.15, 0.2) is 0 Å². The molecule has 0 saturated carbocycles. The van der Waals surface area contributed by atoms with E-state index in [1.807, 2.05) is 0 Å². The molecule has 0 unspecified atom stereocenters. The van der Waals surface area contributed by atoms with Crippen LogP contribution in [0.15, 0.2) is 28.7 Å². The topological polar surface area (TPSA) is 46.9 Å². The summed E-state index contributed by atoms with van der Waals surface area (Å²) >= 11 is 3.06. The Labute approximate surface area is 131 Å². The van der Waals surface area contributed by atoms with Crippen molar-refractivity contribution in [2.24, 2.45) is 0 Å². The standard InChI is InChI=1S/C13H10BrF4N3O/c1-7-4-11(13(16,17)18)21(20-7)6-12(22)19-10-3-2-8(14)5-9(10)15/h2-5H,6H2,1H3,(H,19,22). The molecule has 1 aromatic heterocycles.